The average molecular weight is 465 g/mol. The smallest absolute Gasteiger partial charge is 0.274 e. The van der Waals surface area contributed by atoms with Crippen molar-refractivity contribution in [2.24, 2.45) is 11.8 Å². The Balaban J connectivity index is 1.66. The quantitative estimate of drug-likeness (QED) is 0.310. The van der Waals surface area contributed by atoms with Crippen LogP contribution in [0.1, 0.15) is 28.2 Å². The molecule has 0 unspecified atom stereocenters. The lowest BCUT2D eigenvalue weighted by atomic mass is 9.51. The van der Waals surface area contributed by atoms with Gasteiger partial charge in [-0.15, -0.1) is 0 Å². The van der Waals surface area contributed by atoms with E-state index >= 15 is 0 Å². The first kappa shape index (κ1) is 19.5. The maximum absolute atomic E-state index is 13.8. The molecule has 158 valence electrons. The van der Waals surface area contributed by atoms with Crippen molar-refractivity contribution < 1.29 is 14.5 Å². The summed E-state index contributed by atoms with van der Waals surface area (Å²) >= 11 is 12.2. The highest BCUT2D eigenvalue weighted by Gasteiger charge is 2.74. The molecule has 1 saturated heterocycles. The molecular formula is C24H14Cl2N2O4. The molecule has 3 aromatic carbocycles. The molecule has 2 atom stereocenters. The second kappa shape index (κ2) is 6.40. The number of rotatable bonds is 2. The van der Waals surface area contributed by atoms with Crippen molar-refractivity contribution in [3.05, 3.63) is 109 Å². The maximum Gasteiger partial charge on any atom is 0.285 e. The van der Waals surface area contributed by atoms with Crippen LogP contribution >= 0.6 is 23.2 Å². The molecule has 3 aromatic rings. The molecule has 2 amide bonds. The van der Waals surface area contributed by atoms with E-state index in [2.05, 4.69) is 0 Å². The zero-order valence-corrected chi connectivity index (χ0v) is 17.9. The third kappa shape index (κ3) is 2.11. The number of benzene rings is 3. The Hall–Kier alpha value is -3.22. The molecule has 2 bridgehead atoms. The first-order chi connectivity index (χ1) is 15.4. The molecular weight excluding hydrogens is 451 g/mol. The minimum Gasteiger partial charge on any atom is -0.274 e. The highest BCUT2D eigenvalue weighted by atomic mass is 35.5. The Morgan fingerprint density at radius 3 is 2.00 bits per heavy atom. The van der Waals surface area contributed by atoms with Gasteiger partial charge in [0.25, 0.3) is 5.54 Å². The molecule has 32 heavy (non-hydrogen) atoms. The van der Waals surface area contributed by atoms with Crippen LogP contribution in [0.4, 0.5) is 5.69 Å². The second-order valence-electron chi connectivity index (χ2n) is 8.29. The van der Waals surface area contributed by atoms with Crippen LogP contribution in [0.15, 0.2) is 66.7 Å². The van der Waals surface area contributed by atoms with Gasteiger partial charge in [-0.2, -0.15) is 0 Å². The topological polar surface area (TPSA) is 80.5 Å². The van der Waals surface area contributed by atoms with E-state index in [1.54, 1.807) is 24.3 Å². The van der Waals surface area contributed by atoms with Crippen LogP contribution in [0.2, 0.25) is 10.0 Å². The van der Waals surface area contributed by atoms with Crippen molar-refractivity contribution in [3.8, 4) is 0 Å². The van der Waals surface area contributed by atoms with Crippen LogP contribution in [0.5, 0.6) is 0 Å². The predicted octanol–water partition coefficient (Wildman–Crippen LogP) is 4.78. The van der Waals surface area contributed by atoms with Gasteiger partial charge in [0.2, 0.25) is 11.8 Å². The fourth-order valence-electron chi connectivity index (χ4n) is 5.92. The van der Waals surface area contributed by atoms with E-state index in [1.807, 2.05) is 24.3 Å². The zero-order chi connectivity index (χ0) is 22.4. The molecule has 0 spiro atoms. The van der Waals surface area contributed by atoms with Gasteiger partial charge in [-0.05, 0) is 29.3 Å². The highest BCUT2D eigenvalue weighted by Crippen LogP contribution is 2.64. The van der Waals surface area contributed by atoms with E-state index < -0.39 is 35.1 Å². The zero-order valence-electron chi connectivity index (χ0n) is 16.4. The van der Waals surface area contributed by atoms with Crippen LogP contribution in [0, 0.1) is 22.0 Å². The highest BCUT2D eigenvalue weighted by molar-refractivity contribution is 6.42. The van der Waals surface area contributed by atoms with E-state index in [0.717, 1.165) is 16.0 Å². The van der Waals surface area contributed by atoms with E-state index in [-0.39, 0.29) is 20.7 Å². The van der Waals surface area contributed by atoms with E-state index in [0.29, 0.717) is 11.1 Å². The molecule has 8 heteroatoms. The van der Waals surface area contributed by atoms with Crippen LogP contribution in [0.3, 0.4) is 0 Å². The van der Waals surface area contributed by atoms with Gasteiger partial charge in [-0.1, -0.05) is 71.7 Å². The van der Waals surface area contributed by atoms with Crippen molar-refractivity contribution in [1.82, 2.24) is 0 Å². The number of halogens is 2. The van der Waals surface area contributed by atoms with Gasteiger partial charge in [-0.3, -0.25) is 19.7 Å². The Bertz CT molecular complexity index is 1320. The maximum atomic E-state index is 13.8. The van der Waals surface area contributed by atoms with Gasteiger partial charge in [0.05, 0.1) is 21.7 Å². The summed E-state index contributed by atoms with van der Waals surface area (Å²) in [6.07, 6.45) is 0. The molecule has 4 aliphatic rings. The van der Waals surface area contributed by atoms with Gasteiger partial charge in [0.1, 0.15) is 5.92 Å². The Morgan fingerprint density at radius 1 is 0.844 bits per heavy atom. The van der Waals surface area contributed by atoms with Gasteiger partial charge < -0.3 is 0 Å². The van der Waals surface area contributed by atoms with Crippen molar-refractivity contribution in [3.63, 3.8) is 0 Å². The normalized spacial score (nSPS) is 27.2. The van der Waals surface area contributed by atoms with Crippen LogP contribution in [-0.2, 0) is 15.1 Å². The van der Waals surface area contributed by atoms with E-state index in [1.165, 1.54) is 18.2 Å². The fourth-order valence-corrected chi connectivity index (χ4v) is 6.21. The number of carbonyl (C=O) groups excluding carboxylic acids is 2. The standard InChI is InChI=1S/C24H14Cl2N2O4/c25-17-10-9-12(11-18(17)26)27-22(29)20-19-13-5-1-3-7-15(13)24(28(31)32,21(20)23(27)30)16-8-4-2-6-14(16)19/h1-11,19-21H/t19?,20-,21+,24?/m1/s1. The lowest BCUT2D eigenvalue weighted by Gasteiger charge is -2.48. The fraction of sp³-hybridized carbons (Fsp3) is 0.167. The lowest BCUT2D eigenvalue weighted by molar-refractivity contribution is -0.578. The Morgan fingerprint density at radius 2 is 1.44 bits per heavy atom. The van der Waals surface area contributed by atoms with E-state index in [4.69, 9.17) is 23.2 Å². The lowest BCUT2D eigenvalue weighted by Crippen LogP contribution is -2.57. The molecule has 3 aliphatic carbocycles. The predicted molar refractivity (Wildman–Crippen MR) is 118 cm³/mol. The number of hydrogen-bond donors (Lipinski definition) is 0. The Labute approximate surface area is 192 Å². The minimum atomic E-state index is -1.84. The number of imide groups is 1. The minimum absolute atomic E-state index is 0.193. The van der Waals surface area contributed by atoms with Crippen molar-refractivity contribution in [2.75, 3.05) is 4.90 Å². The third-order valence-electron chi connectivity index (χ3n) is 7.02. The van der Waals surface area contributed by atoms with Crippen LogP contribution in [-0.4, -0.2) is 16.7 Å². The van der Waals surface area contributed by atoms with Crippen molar-refractivity contribution >= 4 is 40.7 Å². The summed E-state index contributed by atoms with van der Waals surface area (Å²) in [6.45, 7) is 0. The van der Waals surface area contributed by atoms with Gasteiger partial charge >= 0.3 is 0 Å². The molecule has 0 N–H and O–H groups in total. The third-order valence-corrected chi connectivity index (χ3v) is 7.76. The number of hydrogen-bond acceptors (Lipinski definition) is 4. The van der Waals surface area contributed by atoms with E-state index in [9.17, 15) is 19.7 Å². The first-order valence-electron chi connectivity index (χ1n) is 10.0. The summed E-state index contributed by atoms with van der Waals surface area (Å²) < 4.78 is 0. The summed E-state index contributed by atoms with van der Waals surface area (Å²) in [5.74, 6) is -3.54. The monoisotopic (exact) mass is 464 g/mol. The summed E-state index contributed by atoms with van der Waals surface area (Å²) in [5.41, 5.74) is 0.821. The van der Waals surface area contributed by atoms with Crippen LogP contribution in [0.25, 0.3) is 0 Å². The molecule has 1 aliphatic heterocycles. The van der Waals surface area contributed by atoms with Gasteiger partial charge in [0.15, 0.2) is 0 Å². The Kier molecular flexibility index (Phi) is 3.89. The summed E-state index contributed by atoms with van der Waals surface area (Å²) in [4.78, 5) is 41.1. The molecule has 1 fully saturated rings. The largest absolute Gasteiger partial charge is 0.285 e. The number of nitro groups is 1. The summed E-state index contributed by atoms with van der Waals surface area (Å²) in [6, 6.07) is 18.6. The SMILES string of the molecule is O=C1[C@@H]2C3c4ccccc4C([N+](=O)[O-])(c4ccccc43)[C@@H]2C(=O)N1c1ccc(Cl)c(Cl)c1. The van der Waals surface area contributed by atoms with Crippen LogP contribution < -0.4 is 4.90 Å². The number of amides is 2. The summed E-state index contributed by atoms with van der Waals surface area (Å²) in [5, 5.41) is 13.4. The molecule has 0 aromatic heterocycles. The van der Waals surface area contributed by atoms with Crippen molar-refractivity contribution in [1.29, 1.82) is 0 Å². The van der Waals surface area contributed by atoms with Gasteiger partial charge in [0, 0.05) is 22.0 Å². The molecule has 0 saturated carbocycles. The van der Waals surface area contributed by atoms with Gasteiger partial charge in [-0.25, -0.2) is 4.90 Å². The summed E-state index contributed by atoms with van der Waals surface area (Å²) in [7, 11) is 0. The first-order valence-corrected chi connectivity index (χ1v) is 10.8. The number of anilines is 1. The molecule has 6 nitrogen and oxygen atoms in total. The molecule has 1 heterocycles. The number of carbonyl (C=O) groups is 2. The number of nitrogens with zero attached hydrogens (tertiary/aromatic N) is 2. The van der Waals surface area contributed by atoms with Crippen molar-refractivity contribution in [2.45, 2.75) is 11.5 Å². The molecule has 7 rings (SSSR count). The average Bonchev–Trinajstić information content (AvgIpc) is 3.06. The molecule has 0 radical (unpaired) electrons. The second-order valence-corrected chi connectivity index (χ2v) is 9.10.